The summed E-state index contributed by atoms with van der Waals surface area (Å²) in [5.41, 5.74) is 1.19. The predicted octanol–water partition coefficient (Wildman–Crippen LogP) is 4.30. The molecule has 2 aliphatic rings. The molecule has 3 rings (SSSR count). The summed E-state index contributed by atoms with van der Waals surface area (Å²) in [6.45, 7) is 16.5. The first kappa shape index (κ1) is 22.3. The molecular formula is C23H37N3O2S. The number of hydrogen-bond acceptors (Lipinski definition) is 5. The number of rotatable bonds is 7. The van der Waals surface area contributed by atoms with Crippen LogP contribution in [0.15, 0.2) is 12.7 Å². The molecular weight excluding hydrogens is 382 g/mol. The van der Waals surface area contributed by atoms with Crippen molar-refractivity contribution in [3.8, 4) is 0 Å². The lowest BCUT2D eigenvalue weighted by molar-refractivity contribution is -0.144. The molecule has 162 valence electrons. The summed E-state index contributed by atoms with van der Waals surface area (Å²) in [7, 11) is 0. The number of fused-ring (bicyclic) bond motifs is 2. The van der Waals surface area contributed by atoms with Gasteiger partial charge in [0.15, 0.2) is 5.13 Å². The maximum atomic E-state index is 13.0. The largest absolute Gasteiger partial charge is 0.392 e. The molecule has 5 nitrogen and oxygen atoms in total. The molecule has 0 spiro atoms. The van der Waals surface area contributed by atoms with Crippen molar-refractivity contribution in [1.82, 2.24) is 9.88 Å². The lowest BCUT2D eigenvalue weighted by Gasteiger charge is -2.53. The molecule has 29 heavy (non-hydrogen) atoms. The Morgan fingerprint density at radius 2 is 2.17 bits per heavy atom. The van der Waals surface area contributed by atoms with Crippen molar-refractivity contribution in [2.45, 2.75) is 65.9 Å². The lowest BCUT2D eigenvalue weighted by Crippen LogP contribution is -2.53. The van der Waals surface area contributed by atoms with E-state index in [4.69, 9.17) is 4.98 Å². The number of carbonyl (C=O) groups is 1. The van der Waals surface area contributed by atoms with Crippen molar-refractivity contribution < 1.29 is 9.90 Å². The zero-order valence-corrected chi connectivity index (χ0v) is 19.4. The van der Waals surface area contributed by atoms with Gasteiger partial charge >= 0.3 is 0 Å². The van der Waals surface area contributed by atoms with Gasteiger partial charge in [-0.2, -0.15) is 0 Å². The molecule has 0 bridgehead atoms. The van der Waals surface area contributed by atoms with Crippen LogP contribution in [0.25, 0.3) is 0 Å². The second kappa shape index (κ2) is 8.76. The van der Waals surface area contributed by atoms with Crippen LogP contribution in [0.1, 0.15) is 63.9 Å². The van der Waals surface area contributed by atoms with Gasteiger partial charge in [0.05, 0.1) is 11.8 Å². The second-order valence-electron chi connectivity index (χ2n) is 9.13. The SMILES string of the molecule is C=CCNc1nc2c(s1)C[C@]1(C)CC[C@@H]([C@H](C)C(=O)N(CC)CC)[C@H](O)[C@H]1[C@@H]2C. The zero-order chi connectivity index (χ0) is 21.3. The highest BCUT2D eigenvalue weighted by molar-refractivity contribution is 7.15. The van der Waals surface area contributed by atoms with Crippen LogP contribution < -0.4 is 5.32 Å². The van der Waals surface area contributed by atoms with Crippen LogP contribution in [-0.2, 0) is 11.2 Å². The van der Waals surface area contributed by atoms with Crippen LogP contribution in [0.2, 0.25) is 0 Å². The number of aromatic nitrogens is 1. The summed E-state index contributed by atoms with van der Waals surface area (Å²) < 4.78 is 0. The minimum atomic E-state index is -0.474. The third-order valence-corrected chi connectivity index (χ3v) is 8.46. The van der Waals surface area contributed by atoms with E-state index in [1.807, 2.05) is 31.7 Å². The van der Waals surface area contributed by atoms with Gasteiger partial charge in [-0.1, -0.05) is 26.8 Å². The standard InChI is InChI=1S/C23H37N3O2S/c1-7-12-24-22-25-19-15(5)18-20(27)16(14(4)21(28)26(8-2)9-3)10-11-23(18,6)13-17(19)29-22/h7,14-16,18,20,27H,1,8-13H2,2-6H3,(H,24,25)/t14-,15-,16-,18+,20-,23-/m0/s1. The molecule has 0 radical (unpaired) electrons. The normalized spacial score (nSPS) is 32.1. The highest BCUT2D eigenvalue weighted by atomic mass is 32.1. The Morgan fingerprint density at radius 3 is 2.79 bits per heavy atom. The summed E-state index contributed by atoms with van der Waals surface area (Å²) >= 11 is 1.74. The molecule has 1 amide bonds. The molecule has 2 aliphatic carbocycles. The molecule has 0 aliphatic heterocycles. The Morgan fingerprint density at radius 1 is 1.48 bits per heavy atom. The summed E-state index contributed by atoms with van der Waals surface area (Å²) in [4.78, 5) is 21.1. The van der Waals surface area contributed by atoms with E-state index in [-0.39, 0.29) is 35.0 Å². The van der Waals surface area contributed by atoms with Gasteiger partial charge in [0.1, 0.15) is 0 Å². The number of carbonyl (C=O) groups excluding carboxylic acids is 1. The Kier molecular flexibility index (Phi) is 6.74. The van der Waals surface area contributed by atoms with Crippen LogP contribution >= 0.6 is 11.3 Å². The Bertz CT molecular complexity index is 744. The van der Waals surface area contributed by atoms with Crippen molar-refractivity contribution >= 4 is 22.4 Å². The van der Waals surface area contributed by atoms with Gasteiger partial charge < -0.3 is 15.3 Å². The van der Waals surface area contributed by atoms with Crippen molar-refractivity contribution in [3.05, 3.63) is 23.2 Å². The summed E-state index contributed by atoms with van der Waals surface area (Å²) in [5.74, 6) is 0.365. The number of aliphatic hydroxyl groups is 1. The summed E-state index contributed by atoms with van der Waals surface area (Å²) in [6, 6.07) is 0. The zero-order valence-electron chi connectivity index (χ0n) is 18.6. The number of anilines is 1. The minimum absolute atomic E-state index is 0.0159. The maximum absolute atomic E-state index is 13.0. The van der Waals surface area contributed by atoms with E-state index in [1.54, 1.807) is 11.3 Å². The number of nitrogens with zero attached hydrogens (tertiary/aromatic N) is 2. The number of thiazole rings is 1. The smallest absolute Gasteiger partial charge is 0.225 e. The van der Waals surface area contributed by atoms with Gasteiger partial charge in [-0.25, -0.2) is 4.98 Å². The fourth-order valence-corrected chi connectivity index (χ4v) is 7.06. The van der Waals surface area contributed by atoms with E-state index in [0.717, 1.165) is 43.2 Å². The third kappa shape index (κ3) is 3.98. The van der Waals surface area contributed by atoms with Crippen molar-refractivity contribution in [2.75, 3.05) is 25.0 Å². The molecule has 1 aromatic rings. The fourth-order valence-electron chi connectivity index (χ4n) is 5.79. The van der Waals surface area contributed by atoms with Gasteiger partial charge in [-0.05, 0) is 50.4 Å². The summed E-state index contributed by atoms with van der Waals surface area (Å²) in [5, 5.41) is 15.8. The van der Waals surface area contributed by atoms with Crippen LogP contribution in [-0.4, -0.2) is 46.6 Å². The lowest BCUT2D eigenvalue weighted by atomic mass is 9.53. The van der Waals surface area contributed by atoms with Crippen molar-refractivity contribution in [1.29, 1.82) is 0 Å². The molecule has 0 aromatic carbocycles. The molecule has 6 atom stereocenters. The van der Waals surface area contributed by atoms with Crippen LogP contribution in [0.4, 0.5) is 5.13 Å². The van der Waals surface area contributed by atoms with E-state index < -0.39 is 6.10 Å². The number of amides is 1. The first-order valence-electron chi connectivity index (χ1n) is 11.1. The van der Waals surface area contributed by atoms with Gasteiger partial charge in [0, 0.05) is 36.3 Å². The van der Waals surface area contributed by atoms with Gasteiger partial charge in [0.25, 0.3) is 0 Å². The highest BCUT2D eigenvalue weighted by Gasteiger charge is 2.54. The van der Waals surface area contributed by atoms with E-state index >= 15 is 0 Å². The van der Waals surface area contributed by atoms with Gasteiger partial charge in [-0.3, -0.25) is 4.79 Å². The average molecular weight is 420 g/mol. The number of nitrogens with one attached hydrogen (secondary N) is 1. The maximum Gasteiger partial charge on any atom is 0.225 e. The predicted molar refractivity (Wildman–Crippen MR) is 120 cm³/mol. The monoisotopic (exact) mass is 419 g/mol. The van der Waals surface area contributed by atoms with Crippen molar-refractivity contribution in [2.24, 2.45) is 23.2 Å². The highest BCUT2D eigenvalue weighted by Crippen LogP contribution is 2.57. The van der Waals surface area contributed by atoms with Gasteiger partial charge in [0.2, 0.25) is 5.91 Å². The number of hydrogen-bond donors (Lipinski definition) is 2. The quantitative estimate of drug-likeness (QED) is 0.647. The Hall–Kier alpha value is -1.40. The molecule has 2 N–H and O–H groups in total. The van der Waals surface area contributed by atoms with E-state index in [0.29, 0.717) is 6.54 Å². The molecule has 1 saturated carbocycles. The summed E-state index contributed by atoms with van der Waals surface area (Å²) in [6.07, 6.45) is 4.29. The first-order valence-corrected chi connectivity index (χ1v) is 11.9. The average Bonchev–Trinajstić information content (AvgIpc) is 3.09. The van der Waals surface area contributed by atoms with E-state index in [9.17, 15) is 9.90 Å². The molecule has 0 unspecified atom stereocenters. The molecule has 1 aromatic heterocycles. The number of aliphatic hydroxyl groups excluding tert-OH is 1. The Balaban J connectivity index is 1.84. The topological polar surface area (TPSA) is 65.5 Å². The van der Waals surface area contributed by atoms with E-state index in [2.05, 4.69) is 25.7 Å². The van der Waals surface area contributed by atoms with Gasteiger partial charge in [-0.15, -0.1) is 17.9 Å². The molecule has 6 heteroatoms. The molecule has 0 saturated heterocycles. The molecule has 1 heterocycles. The Labute approximate surface area is 179 Å². The molecule has 1 fully saturated rings. The van der Waals surface area contributed by atoms with Crippen LogP contribution in [0, 0.1) is 23.2 Å². The van der Waals surface area contributed by atoms with Crippen molar-refractivity contribution in [3.63, 3.8) is 0 Å². The minimum Gasteiger partial charge on any atom is -0.392 e. The van der Waals surface area contributed by atoms with E-state index in [1.165, 1.54) is 4.88 Å². The first-order chi connectivity index (χ1) is 13.8. The van der Waals surface area contributed by atoms with Crippen LogP contribution in [0.5, 0.6) is 0 Å². The fraction of sp³-hybridized carbons (Fsp3) is 0.739. The second-order valence-corrected chi connectivity index (χ2v) is 10.2. The third-order valence-electron chi connectivity index (χ3n) is 7.43. The van der Waals surface area contributed by atoms with Crippen LogP contribution in [0.3, 0.4) is 0 Å².